The lowest BCUT2D eigenvalue weighted by Crippen LogP contribution is -2.19. The molecular formula is C16H22N2O2. The van der Waals surface area contributed by atoms with Crippen LogP contribution in [0.25, 0.3) is 0 Å². The Kier molecular flexibility index (Phi) is 4.32. The molecule has 0 aromatic carbocycles. The van der Waals surface area contributed by atoms with Crippen LogP contribution in [-0.2, 0) is 6.54 Å². The molecule has 0 spiro atoms. The Labute approximate surface area is 119 Å². The lowest BCUT2D eigenvalue weighted by molar-refractivity contribution is 0.500. The average Bonchev–Trinajstić information content (AvgIpc) is 2.73. The molecule has 2 heterocycles. The van der Waals surface area contributed by atoms with Crippen molar-refractivity contribution >= 4 is 5.69 Å². The van der Waals surface area contributed by atoms with Gasteiger partial charge in [0, 0.05) is 24.4 Å². The van der Waals surface area contributed by atoms with E-state index in [1.807, 2.05) is 26.1 Å². The van der Waals surface area contributed by atoms with Gasteiger partial charge in [-0.1, -0.05) is 6.92 Å². The van der Waals surface area contributed by atoms with Crippen molar-refractivity contribution in [3.8, 4) is 0 Å². The third kappa shape index (κ3) is 3.13. The van der Waals surface area contributed by atoms with Gasteiger partial charge in [0.2, 0.25) is 0 Å². The van der Waals surface area contributed by atoms with Crippen LogP contribution in [0.5, 0.6) is 0 Å². The topological polar surface area (TPSA) is 47.2 Å². The van der Waals surface area contributed by atoms with Crippen molar-refractivity contribution < 1.29 is 4.42 Å². The molecule has 2 aromatic rings. The smallest absolute Gasteiger partial charge is 0.250 e. The van der Waals surface area contributed by atoms with E-state index in [2.05, 4.69) is 25.2 Å². The molecule has 1 atom stereocenters. The van der Waals surface area contributed by atoms with Gasteiger partial charge in [-0.3, -0.25) is 4.79 Å². The van der Waals surface area contributed by atoms with Gasteiger partial charge in [-0.15, -0.1) is 0 Å². The maximum Gasteiger partial charge on any atom is 0.250 e. The second-order valence-corrected chi connectivity index (χ2v) is 5.18. The summed E-state index contributed by atoms with van der Waals surface area (Å²) < 4.78 is 7.30. The zero-order valence-corrected chi connectivity index (χ0v) is 12.6. The SMILES string of the molecule is CCCn1cc(NC(C)c2cc(C)oc2C)ccc1=O. The van der Waals surface area contributed by atoms with E-state index in [1.165, 1.54) is 0 Å². The quantitative estimate of drug-likeness (QED) is 0.905. The molecule has 4 nitrogen and oxygen atoms in total. The Hall–Kier alpha value is -1.97. The Morgan fingerprint density at radius 1 is 1.35 bits per heavy atom. The summed E-state index contributed by atoms with van der Waals surface area (Å²) in [7, 11) is 0. The number of hydrogen-bond donors (Lipinski definition) is 1. The van der Waals surface area contributed by atoms with Crippen molar-refractivity contribution in [2.45, 2.75) is 46.7 Å². The number of rotatable bonds is 5. The highest BCUT2D eigenvalue weighted by Gasteiger charge is 2.12. The standard InChI is InChI=1S/C16H22N2O2/c1-5-8-18-10-14(6-7-16(18)19)17-12(3)15-9-11(2)20-13(15)4/h6-7,9-10,12,17H,5,8H2,1-4H3. The largest absolute Gasteiger partial charge is 0.466 e. The van der Waals surface area contributed by atoms with Gasteiger partial charge in [0.05, 0.1) is 11.7 Å². The molecule has 108 valence electrons. The van der Waals surface area contributed by atoms with E-state index in [0.29, 0.717) is 0 Å². The van der Waals surface area contributed by atoms with Gasteiger partial charge >= 0.3 is 0 Å². The fourth-order valence-electron chi connectivity index (χ4n) is 2.44. The van der Waals surface area contributed by atoms with Crippen LogP contribution in [0, 0.1) is 13.8 Å². The maximum absolute atomic E-state index is 11.7. The summed E-state index contributed by atoms with van der Waals surface area (Å²) in [5.41, 5.74) is 2.14. The van der Waals surface area contributed by atoms with Crippen molar-refractivity contribution in [3.63, 3.8) is 0 Å². The zero-order chi connectivity index (χ0) is 14.7. The minimum atomic E-state index is 0.0420. The highest BCUT2D eigenvalue weighted by molar-refractivity contribution is 5.43. The number of aromatic nitrogens is 1. The first-order valence-electron chi connectivity index (χ1n) is 7.05. The third-order valence-electron chi connectivity index (χ3n) is 3.38. The normalized spacial score (nSPS) is 12.4. The van der Waals surface area contributed by atoms with E-state index in [-0.39, 0.29) is 11.6 Å². The van der Waals surface area contributed by atoms with Crippen molar-refractivity contribution in [3.05, 3.63) is 51.8 Å². The van der Waals surface area contributed by atoms with Crippen molar-refractivity contribution in [1.82, 2.24) is 4.57 Å². The lowest BCUT2D eigenvalue weighted by atomic mass is 10.1. The fourth-order valence-corrected chi connectivity index (χ4v) is 2.44. The number of furan rings is 1. The fraction of sp³-hybridized carbons (Fsp3) is 0.438. The van der Waals surface area contributed by atoms with E-state index in [0.717, 1.165) is 35.7 Å². The summed E-state index contributed by atoms with van der Waals surface area (Å²) in [5, 5.41) is 3.42. The van der Waals surface area contributed by atoms with Gasteiger partial charge in [0.25, 0.3) is 5.56 Å². The molecule has 0 bridgehead atoms. The highest BCUT2D eigenvalue weighted by Crippen LogP contribution is 2.24. The van der Waals surface area contributed by atoms with Crippen LogP contribution in [0.1, 0.15) is 43.4 Å². The van der Waals surface area contributed by atoms with E-state index in [1.54, 1.807) is 10.6 Å². The maximum atomic E-state index is 11.7. The summed E-state index contributed by atoms with van der Waals surface area (Å²) in [4.78, 5) is 11.7. The minimum absolute atomic E-state index is 0.0420. The van der Waals surface area contributed by atoms with Crippen molar-refractivity contribution in [1.29, 1.82) is 0 Å². The second-order valence-electron chi connectivity index (χ2n) is 5.18. The third-order valence-corrected chi connectivity index (χ3v) is 3.38. The Balaban J connectivity index is 2.19. The lowest BCUT2D eigenvalue weighted by Gasteiger charge is -2.15. The Morgan fingerprint density at radius 2 is 2.10 bits per heavy atom. The molecule has 0 fully saturated rings. The van der Waals surface area contributed by atoms with Gasteiger partial charge < -0.3 is 14.3 Å². The van der Waals surface area contributed by atoms with Gasteiger partial charge in [-0.05, 0) is 39.3 Å². The molecule has 0 radical (unpaired) electrons. The van der Waals surface area contributed by atoms with Gasteiger partial charge in [0.1, 0.15) is 11.5 Å². The second kappa shape index (κ2) is 5.99. The summed E-state index contributed by atoms with van der Waals surface area (Å²) >= 11 is 0. The summed E-state index contributed by atoms with van der Waals surface area (Å²) in [6.45, 7) is 8.81. The number of nitrogens with one attached hydrogen (secondary N) is 1. The first-order valence-corrected chi connectivity index (χ1v) is 7.05. The molecule has 2 aromatic heterocycles. The molecule has 1 N–H and O–H groups in total. The van der Waals surface area contributed by atoms with Crippen LogP contribution < -0.4 is 10.9 Å². The van der Waals surface area contributed by atoms with Crippen LogP contribution in [0.4, 0.5) is 5.69 Å². The molecule has 0 saturated carbocycles. The van der Waals surface area contributed by atoms with Gasteiger partial charge in [-0.25, -0.2) is 0 Å². The van der Waals surface area contributed by atoms with Crippen molar-refractivity contribution in [2.24, 2.45) is 0 Å². The highest BCUT2D eigenvalue weighted by atomic mass is 16.3. The summed E-state index contributed by atoms with van der Waals surface area (Å²) in [6.07, 6.45) is 2.82. The molecule has 0 aliphatic rings. The molecular weight excluding hydrogens is 252 g/mol. The van der Waals surface area contributed by atoms with Crippen LogP contribution in [-0.4, -0.2) is 4.57 Å². The first kappa shape index (κ1) is 14.4. The van der Waals surface area contributed by atoms with E-state index in [9.17, 15) is 4.79 Å². The molecule has 0 saturated heterocycles. The molecule has 0 aliphatic heterocycles. The number of hydrogen-bond acceptors (Lipinski definition) is 3. The molecule has 2 rings (SSSR count). The van der Waals surface area contributed by atoms with Crippen LogP contribution in [0.2, 0.25) is 0 Å². The Bertz CT molecular complexity index is 640. The van der Waals surface area contributed by atoms with Crippen molar-refractivity contribution in [2.75, 3.05) is 5.32 Å². The van der Waals surface area contributed by atoms with Gasteiger partial charge in [-0.2, -0.15) is 0 Å². The van der Waals surface area contributed by atoms with E-state index >= 15 is 0 Å². The molecule has 0 amide bonds. The van der Waals surface area contributed by atoms with E-state index < -0.39 is 0 Å². The van der Waals surface area contributed by atoms with Gasteiger partial charge in [0.15, 0.2) is 0 Å². The zero-order valence-electron chi connectivity index (χ0n) is 12.6. The van der Waals surface area contributed by atoms with Crippen LogP contribution in [0.15, 0.2) is 33.6 Å². The molecule has 1 unspecified atom stereocenters. The first-order chi connectivity index (χ1) is 9.51. The van der Waals surface area contributed by atoms with Crippen LogP contribution in [0.3, 0.4) is 0 Å². The molecule has 4 heteroatoms. The molecule has 0 aliphatic carbocycles. The summed E-state index contributed by atoms with van der Waals surface area (Å²) in [6, 6.07) is 5.63. The van der Waals surface area contributed by atoms with Crippen LogP contribution >= 0.6 is 0 Å². The minimum Gasteiger partial charge on any atom is -0.466 e. The monoisotopic (exact) mass is 274 g/mol. The number of aryl methyl sites for hydroxylation is 3. The predicted octanol–water partition coefficient (Wildman–Crippen LogP) is 3.64. The Morgan fingerprint density at radius 3 is 2.70 bits per heavy atom. The predicted molar refractivity (Wildman–Crippen MR) is 81.2 cm³/mol. The molecule has 20 heavy (non-hydrogen) atoms. The summed E-state index contributed by atoms with van der Waals surface area (Å²) in [5.74, 6) is 1.85. The van der Waals surface area contributed by atoms with E-state index in [4.69, 9.17) is 4.42 Å². The number of nitrogens with zero attached hydrogens (tertiary/aromatic N) is 1. The average molecular weight is 274 g/mol. The number of anilines is 1. The number of pyridine rings is 1.